The fourth-order valence-corrected chi connectivity index (χ4v) is 1.79. The lowest BCUT2D eigenvalue weighted by Crippen LogP contribution is -3.00. The Morgan fingerprint density at radius 2 is 1.57 bits per heavy atom. The molecule has 0 radical (unpaired) electrons. The molecule has 0 aliphatic carbocycles. The molecule has 0 aromatic carbocycles. The summed E-state index contributed by atoms with van der Waals surface area (Å²) in [6.45, 7) is 11.1. The largest absolute Gasteiger partial charge is 1.00 e. The Morgan fingerprint density at radius 3 is 1.79 bits per heavy atom. The van der Waals surface area contributed by atoms with Gasteiger partial charge in [-0.2, -0.15) is 4.65 Å². The molecule has 3 nitrogen and oxygen atoms in total. The number of ether oxygens (including phenoxy) is 1. The Kier molecular flexibility index (Phi) is 10.0. The minimum absolute atomic E-state index is 0. The number of hydroxylamine groups is 3. The first-order valence-corrected chi connectivity index (χ1v) is 5.24. The molecule has 4 heteroatoms. The van der Waals surface area contributed by atoms with Crippen molar-refractivity contribution >= 4 is 0 Å². The summed E-state index contributed by atoms with van der Waals surface area (Å²) in [4.78, 5) is 5.55. The zero-order valence-corrected chi connectivity index (χ0v) is 10.8. The predicted molar refractivity (Wildman–Crippen MR) is 54.1 cm³/mol. The molecule has 0 amide bonds. The quantitative estimate of drug-likeness (QED) is 0.320. The van der Waals surface area contributed by atoms with E-state index in [2.05, 4.69) is 20.8 Å². The zero-order chi connectivity index (χ0) is 10.3. The maximum absolute atomic E-state index is 5.68. The highest BCUT2D eigenvalue weighted by molar-refractivity contribution is 4.40. The lowest BCUT2D eigenvalue weighted by molar-refractivity contribution is -1.13. The molecule has 1 atom stereocenters. The molecular weight excluding hydrogens is 202 g/mol. The maximum atomic E-state index is 5.68. The fourth-order valence-electron chi connectivity index (χ4n) is 1.79. The number of hydrogen-bond acceptors (Lipinski definition) is 2. The monoisotopic (exact) mass is 225 g/mol. The van der Waals surface area contributed by atoms with E-state index in [1.165, 1.54) is 0 Å². The first kappa shape index (κ1) is 16.6. The Balaban J connectivity index is 0. The van der Waals surface area contributed by atoms with Gasteiger partial charge in [-0.05, 0) is 20.8 Å². The molecule has 0 saturated carbocycles. The topological polar surface area (TPSA) is 18.5 Å². The van der Waals surface area contributed by atoms with Crippen LogP contribution in [0.25, 0.3) is 0 Å². The molecular formula is C10H24ClNO2. The van der Waals surface area contributed by atoms with E-state index in [0.717, 1.165) is 26.1 Å². The van der Waals surface area contributed by atoms with E-state index in [1.54, 1.807) is 7.11 Å². The number of nitrogens with zero attached hydrogens (tertiary/aromatic N) is 1. The minimum Gasteiger partial charge on any atom is -1.00 e. The SMILES string of the molecule is CCOC(CC)[N+](CC)(CC)OC.[Cl-]. The number of quaternary nitrogens is 1. The highest BCUT2D eigenvalue weighted by Crippen LogP contribution is 2.17. The molecule has 0 aliphatic rings. The van der Waals surface area contributed by atoms with Gasteiger partial charge in [0.1, 0.15) is 13.1 Å². The van der Waals surface area contributed by atoms with E-state index >= 15 is 0 Å². The number of halogens is 1. The van der Waals surface area contributed by atoms with Gasteiger partial charge in [-0.15, -0.1) is 0 Å². The van der Waals surface area contributed by atoms with E-state index in [0.29, 0.717) is 4.65 Å². The molecule has 0 N–H and O–H groups in total. The summed E-state index contributed by atoms with van der Waals surface area (Å²) in [5, 5.41) is 0. The smallest absolute Gasteiger partial charge is 0.222 e. The van der Waals surface area contributed by atoms with Gasteiger partial charge >= 0.3 is 0 Å². The van der Waals surface area contributed by atoms with Crippen LogP contribution in [-0.2, 0) is 9.57 Å². The maximum Gasteiger partial charge on any atom is 0.222 e. The van der Waals surface area contributed by atoms with E-state index in [1.807, 2.05) is 6.92 Å². The van der Waals surface area contributed by atoms with Crippen LogP contribution in [-0.4, -0.2) is 37.7 Å². The van der Waals surface area contributed by atoms with E-state index in [-0.39, 0.29) is 18.6 Å². The van der Waals surface area contributed by atoms with Crippen LogP contribution in [0.3, 0.4) is 0 Å². The molecule has 14 heavy (non-hydrogen) atoms. The molecule has 1 unspecified atom stereocenters. The highest BCUT2D eigenvalue weighted by Gasteiger charge is 2.34. The van der Waals surface area contributed by atoms with Gasteiger partial charge in [0.15, 0.2) is 0 Å². The van der Waals surface area contributed by atoms with Crippen molar-refractivity contribution in [3.8, 4) is 0 Å². The first-order valence-electron chi connectivity index (χ1n) is 5.24. The summed E-state index contributed by atoms with van der Waals surface area (Å²) in [6, 6.07) is 0. The summed E-state index contributed by atoms with van der Waals surface area (Å²) >= 11 is 0. The predicted octanol–water partition coefficient (Wildman–Crippen LogP) is -0.819. The van der Waals surface area contributed by atoms with Crippen molar-refractivity contribution in [2.45, 2.75) is 40.3 Å². The van der Waals surface area contributed by atoms with Crippen LogP contribution in [0.15, 0.2) is 0 Å². The van der Waals surface area contributed by atoms with Crippen LogP contribution in [0.1, 0.15) is 34.1 Å². The van der Waals surface area contributed by atoms with Crippen LogP contribution >= 0.6 is 0 Å². The van der Waals surface area contributed by atoms with Gasteiger partial charge in [-0.25, -0.2) is 4.84 Å². The van der Waals surface area contributed by atoms with Crippen LogP contribution in [0.5, 0.6) is 0 Å². The summed E-state index contributed by atoms with van der Waals surface area (Å²) in [7, 11) is 1.76. The molecule has 0 aromatic heterocycles. The molecule has 0 rings (SSSR count). The molecule has 0 fully saturated rings. The van der Waals surface area contributed by atoms with Gasteiger partial charge in [-0.3, -0.25) is 0 Å². The van der Waals surface area contributed by atoms with Crippen molar-refractivity contribution < 1.29 is 26.6 Å². The lowest BCUT2D eigenvalue weighted by atomic mass is 10.3. The van der Waals surface area contributed by atoms with Gasteiger partial charge < -0.3 is 17.1 Å². The van der Waals surface area contributed by atoms with Crippen molar-refractivity contribution in [2.24, 2.45) is 0 Å². The van der Waals surface area contributed by atoms with Crippen molar-refractivity contribution in [1.29, 1.82) is 0 Å². The fraction of sp³-hybridized carbons (Fsp3) is 1.00. The highest BCUT2D eigenvalue weighted by atomic mass is 35.5. The standard InChI is InChI=1S/C10H24NO2.ClH/c1-6-10(13-9-4)11(7-2,8-3)12-5;/h10H,6-9H2,1-5H3;1H/q+1;/p-1. The molecule has 0 aromatic rings. The first-order chi connectivity index (χ1) is 6.20. The molecule has 0 spiro atoms. The molecule has 0 heterocycles. The Labute approximate surface area is 94.3 Å². The zero-order valence-electron chi connectivity index (χ0n) is 10.0. The summed E-state index contributed by atoms with van der Waals surface area (Å²) in [6.07, 6.45) is 1.16. The van der Waals surface area contributed by atoms with Gasteiger partial charge in [0.25, 0.3) is 0 Å². The average molecular weight is 226 g/mol. The molecule has 88 valence electrons. The average Bonchev–Trinajstić information content (AvgIpc) is 2.19. The minimum atomic E-state index is 0. The van der Waals surface area contributed by atoms with E-state index in [9.17, 15) is 0 Å². The van der Waals surface area contributed by atoms with Crippen molar-refractivity contribution in [2.75, 3.05) is 26.8 Å². The van der Waals surface area contributed by atoms with Crippen molar-refractivity contribution in [3.63, 3.8) is 0 Å². The van der Waals surface area contributed by atoms with Crippen LogP contribution in [0.2, 0.25) is 0 Å². The second kappa shape index (κ2) is 8.48. The van der Waals surface area contributed by atoms with Gasteiger partial charge in [-0.1, -0.05) is 6.92 Å². The summed E-state index contributed by atoms with van der Waals surface area (Å²) < 4.78 is 6.28. The molecule has 0 aliphatic heterocycles. The Morgan fingerprint density at radius 1 is 1.07 bits per heavy atom. The van der Waals surface area contributed by atoms with Crippen molar-refractivity contribution in [3.05, 3.63) is 0 Å². The number of rotatable bonds is 7. The molecule has 0 bridgehead atoms. The van der Waals surface area contributed by atoms with Crippen LogP contribution < -0.4 is 12.4 Å². The van der Waals surface area contributed by atoms with Gasteiger partial charge in [0.2, 0.25) is 6.23 Å². The third kappa shape index (κ3) is 3.73. The second-order valence-electron chi connectivity index (χ2n) is 3.09. The Hall–Kier alpha value is 0.170. The summed E-state index contributed by atoms with van der Waals surface area (Å²) in [5.74, 6) is 0. The lowest BCUT2D eigenvalue weighted by Gasteiger charge is -2.38. The third-order valence-electron chi connectivity index (χ3n) is 2.67. The van der Waals surface area contributed by atoms with Crippen molar-refractivity contribution in [1.82, 2.24) is 0 Å². The molecule has 0 saturated heterocycles. The number of hydrogen-bond donors (Lipinski definition) is 0. The van der Waals surface area contributed by atoms with Gasteiger partial charge in [0.05, 0.1) is 13.7 Å². The van der Waals surface area contributed by atoms with Crippen LogP contribution in [0, 0.1) is 0 Å². The second-order valence-corrected chi connectivity index (χ2v) is 3.09. The third-order valence-corrected chi connectivity index (χ3v) is 2.67. The van der Waals surface area contributed by atoms with Crippen LogP contribution in [0.4, 0.5) is 0 Å². The normalized spacial score (nSPS) is 13.5. The van der Waals surface area contributed by atoms with E-state index < -0.39 is 0 Å². The van der Waals surface area contributed by atoms with Gasteiger partial charge in [0, 0.05) is 6.42 Å². The summed E-state index contributed by atoms with van der Waals surface area (Å²) in [5.41, 5.74) is 0. The van der Waals surface area contributed by atoms with E-state index in [4.69, 9.17) is 9.57 Å². The Bertz CT molecular complexity index is 121.